The van der Waals surface area contributed by atoms with Gasteiger partial charge in [-0.15, -0.1) is 6.58 Å². The van der Waals surface area contributed by atoms with Crippen LogP contribution in [0.3, 0.4) is 0 Å². The third-order valence-electron chi connectivity index (χ3n) is 1.35. The standard InChI is InChI=1S/C10H16/c1-4-6-7-8-9-10(3)5-2/h4-8,10H,2,9H2,1,3H3/b6-4-,8-7-. The van der Waals surface area contributed by atoms with Crippen LogP contribution in [0.25, 0.3) is 0 Å². The number of hydrogen-bond donors (Lipinski definition) is 0. The molecule has 0 aliphatic carbocycles. The van der Waals surface area contributed by atoms with E-state index in [0.717, 1.165) is 6.42 Å². The van der Waals surface area contributed by atoms with Gasteiger partial charge in [0.1, 0.15) is 0 Å². The van der Waals surface area contributed by atoms with E-state index < -0.39 is 0 Å². The molecule has 0 heteroatoms. The lowest BCUT2D eigenvalue weighted by Crippen LogP contribution is -1.82. The van der Waals surface area contributed by atoms with Crippen LogP contribution in [-0.4, -0.2) is 0 Å². The van der Waals surface area contributed by atoms with Gasteiger partial charge in [-0.1, -0.05) is 37.3 Å². The van der Waals surface area contributed by atoms with E-state index in [-0.39, 0.29) is 0 Å². The van der Waals surface area contributed by atoms with Crippen molar-refractivity contribution >= 4 is 0 Å². The van der Waals surface area contributed by atoms with Gasteiger partial charge in [-0.05, 0) is 19.3 Å². The summed E-state index contributed by atoms with van der Waals surface area (Å²) in [5.74, 6) is 0.599. The van der Waals surface area contributed by atoms with Crippen molar-refractivity contribution in [2.45, 2.75) is 20.3 Å². The van der Waals surface area contributed by atoms with Crippen LogP contribution < -0.4 is 0 Å². The van der Waals surface area contributed by atoms with Crippen molar-refractivity contribution in [2.24, 2.45) is 5.92 Å². The van der Waals surface area contributed by atoms with Gasteiger partial charge in [-0.2, -0.15) is 0 Å². The first-order valence-electron chi connectivity index (χ1n) is 3.71. The summed E-state index contributed by atoms with van der Waals surface area (Å²) in [6, 6.07) is 0. The van der Waals surface area contributed by atoms with Gasteiger partial charge in [0.2, 0.25) is 0 Å². The normalized spacial score (nSPS) is 14.6. The molecule has 0 radical (unpaired) electrons. The lowest BCUT2D eigenvalue weighted by atomic mass is 10.1. The fraction of sp³-hybridized carbons (Fsp3) is 0.400. The van der Waals surface area contributed by atoms with Gasteiger partial charge in [0.05, 0.1) is 0 Å². The van der Waals surface area contributed by atoms with Crippen molar-refractivity contribution < 1.29 is 0 Å². The van der Waals surface area contributed by atoms with Crippen LogP contribution in [0.4, 0.5) is 0 Å². The van der Waals surface area contributed by atoms with Crippen molar-refractivity contribution in [3.8, 4) is 0 Å². The summed E-state index contributed by atoms with van der Waals surface area (Å²) in [5.41, 5.74) is 0. The average molecular weight is 136 g/mol. The van der Waals surface area contributed by atoms with E-state index in [9.17, 15) is 0 Å². The lowest BCUT2D eigenvalue weighted by Gasteiger charge is -1.96. The van der Waals surface area contributed by atoms with Crippen LogP contribution in [0.5, 0.6) is 0 Å². The molecule has 0 aromatic heterocycles. The maximum atomic E-state index is 3.71. The predicted octanol–water partition coefficient (Wildman–Crippen LogP) is 3.33. The van der Waals surface area contributed by atoms with Gasteiger partial charge in [0.25, 0.3) is 0 Å². The monoisotopic (exact) mass is 136 g/mol. The molecule has 0 heterocycles. The fourth-order valence-corrected chi connectivity index (χ4v) is 0.579. The smallest absolute Gasteiger partial charge is 0.0230 e. The third kappa shape index (κ3) is 5.36. The first kappa shape index (κ1) is 9.22. The predicted molar refractivity (Wildman–Crippen MR) is 47.9 cm³/mol. The molecule has 1 unspecified atom stereocenters. The van der Waals surface area contributed by atoms with Crippen LogP contribution in [0.2, 0.25) is 0 Å². The summed E-state index contributed by atoms with van der Waals surface area (Å²) >= 11 is 0. The molecule has 0 N–H and O–H groups in total. The Morgan fingerprint density at radius 3 is 2.60 bits per heavy atom. The zero-order valence-electron chi connectivity index (χ0n) is 6.88. The van der Waals surface area contributed by atoms with Gasteiger partial charge in [0, 0.05) is 0 Å². The Hall–Kier alpha value is -0.780. The SMILES string of the molecule is C=CC(C)C/C=C\C=C/C. The Morgan fingerprint density at radius 2 is 2.10 bits per heavy atom. The first-order valence-corrected chi connectivity index (χ1v) is 3.71. The highest BCUT2D eigenvalue weighted by Crippen LogP contribution is 2.02. The first-order chi connectivity index (χ1) is 4.81. The van der Waals surface area contributed by atoms with Crippen molar-refractivity contribution in [3.05, 3.63) is 37.0 Å². The maximum absolute atomic E-state index is 3.71. The van der Waals surface area contributed by atoms with Gasteiger partial charge >= 0.3 is 0 Å². The van der Waals surface area contributed by atoms with Crippen molar-refractivity contribution in [2.75, 3.05) is 0 Å². The van der Waals surface area contributed by atoms with E-state index in [4.69, 9.17) is 0 Å². The molecule has 56 valence electrons. The highest BCUT2D eigenvalue weighted by atomic mass is 13.9. The molecule has 0 nitrogen and oxygen atoms in total. The van der Waals surface area contributed by atoms with Gasteiger partial charge in [0.15, 0.2) is 0 Å². The summed E-state index contributed by atoms with van der Waals surface area (Å²) in [6.45, 7) is 7.88. The van der Waals surface area contributed by atoms with Crippen LogP contribution >= 0.6 is 0 Å². The molecule has 0 aromatic carbocycles. The molecule has 0 spiro atoms. The van der Waals surface area contributed by atoms with Gasteiger partial charge in [-0.25, -0.2) is 0 Å². The largest absolute Gasteiger partial charge is 0.103 e. The quantitative estimate of drug-likeness (QED) is 0.411. The lowest BCUT2D eigenvalue weighted by molar-refractivity contribution is 0.746. The molecule has 0 aromatic rings. The Labute approximate surface area is 64.0 Å². The second-order valence-electron chi connectivity index (χ2n) is 2.40. The second-order valence-corrected chi connectivity index (χ2v) is 2.40. The van der Waals surface area contributed by atoms with E-state index in [1.54, 1.807) is 0 Å². The van der Waals surface area contributed by atoms with Gasteiger partial charge in [-0.3, -0.25) is 0 Å². The molecule has 0 aliphatic rings. The Kier molecular flexibility index (Phi) is 5.85. The molecular formula is C10H16. The Balaban J connectivity index is 3.42. The molecular weight excluding hydrogens is 120 g/mol. The van der Waals surface area contributed by atoms with Crippen LogP contribution in [0.15, 0.2) is 37.0 Å². The van der Waals surface area contributed by atoms with E-state index in [0.29, 0.717) is 5.92 Å². The summed E-state index contributed by atoms with van der Waals surface area (Å²) in [4.78, 5) is 0. The molecule has 0 aliphatic heterocycles. The van der Waals surface area contributed by atoms with Crippen molar-refractivity contribution in [3.63, 3.8) is 0 Å². The van der Waals surface area contributed by atoms with Crippen LogP contribution in [0.1, 0.15) is 20.3 Å². The van der Waals surface area contributed by atoms with Crippen LogP contribution in [-0.2, 0) is 0 Å². The average Bonchev–Trinajstić information content (AvgIpc) is 1.98. The Bertz CT molecular complexity index is 129. The second kappa shape index (κ2) is 6.34. The maximum Gasteiger partial charge on any atom is -0.0230 e. The number of rotatable bonds is 4. The Morgan fingerprint density at radius 1 is 1.40 bits per heavy atom. The van der Waals surface area contributed by atoms with E-state index >= 15 is 0 Å². The number of allylic oxidation sites excluding steroid dienone is 5. The summed E-state index contributed by atoms with van der Waals surface area (Å²) in [5, 5.41) is 0. The zero-order valence-corrected chi connectivity index (χ0v) is 6.88. The molecule has 0 rings (SSSR count). The van der Waals surface area contributed by atoms with Crippen molar-refractivity contribution in [1.29, 1.82) is 0 Å². The number of hydrogen-bond acceptors (Lipinski definition) is 0. The fourth-order valence-electron chi connectivity index (χ4n) is 0.579. The highest BCUT2D eigenvalue weighted by Gasteiger charge is 1.88. The molecule has 0 fully saturated rings. The highest BCUT2D eigenvalue weighted by molar-refractivity contribution is 5.02. The molecule has 0 saturated carbocycles. The molecule has 0 bridgehead atoms. The third-order valence-corrected chi connectivity index (χ3v) is 1.35. The van der Waals surface area contributed by atoms with E-state index in [1.807, 2.05) is 25.2 Å². The molecule has 1 atom stereocenters. The van der Waals surface area contributed by atoms with E-state index in [1.165, 1.54) is 0 Å². The van der Waals surface area contributed by atoms with Gasteiger partial charge < -0.3 is 0 Å². The van der Waals surface area contributed by atoms with Crippen molar-refractivity contribution in [1.82, 2.24) is 0 Å². The zero-order chi connectivity index (χ0) is 7.82. The topological polar surface area (TPSA) is 0 Å². The molecule has 0 saturated heterocycles. The molecule has 0 amide bonds. The van der Waals surface area contributed by atoms with E-state index in [2.05, 4.69) is 25.7 Å². The minimum Gasteiger partial charge on any atom is -0.103 e. The summed E-state index contributed by atoms with van der Waals surface area (Å²) < 4.78 is 0. The minimum absolute atomic E-state index is 0.599. The summed E-state index contributed by atoms with van der Waals surface area (Å²) in [6.07, 6.45) is 11.4. The molecule has 10 heavy (non-hydrogen) atoms. The summed E-state index contributed by atoms with van der Waals surface area (Å²) in [7, 11) is 0. The minimum atomic E-state index is 0.599. The van der Waals surface area contributed by atoms with Crippen LogP contribution in [0, 0.1) is 5.92 Å².